The Hall–Kier alpha value is -2.91. The van der Waals surface area contributed by atoms with Crippen molar-refractivity contribution in [1.82, 2.24) is 15.0 Å². The molecule has 0 unspecified atom stereocenters. The average Bonchev–Trinajstić information content (AvgIpc) is 3.56. The Balaban J connectivity index is 1.13. The highest BCUT2D eigenvalue weighted by atomic mass is 16.5. The first-order chi connectivity index (χ1) is 15.7. The molecule has 0 amide bonds. The number of piperidine rings is 1. The van der Waals surface area contributed by atoms with E-state index < -0.39 is 0 Å². The average molecular weight is 431 g/mol. The van der Waals surface area contributed by atoms with Gasteiger partial charge >= 0.3 is 0 Å². The molecule has 1 aliphatic heterocycles. The number of hydrogen-bond donors (Lipinski definition) is 0. The van der Waals surface area contributed by atoms with Gasteiger partial charge in [-0.15, -0.1) is 0 Å². The second kappa shape index (κ2) is 9.30. The maximum absolute atomic E-state index is 9.04. The van der Waals surface area contributed by atoms with E-state index in [1.807, 2.05) is 12.1 Å². The first-order valence-corrected chi connectivity index (χ1v) is 11.8. The van der Waals surface area contributed by atoms with E-state index in [2.05, 4.69) is 40.2 Å². The van der Waals surface area contributed by atoms with E-state index in [-0.39, 0.29) is 0 Å². The van der Waals surface area contributed by atoms with Crippen LogP contribution in [0, 0.1) is 30.1 Å². The number of pyridine rings is 1. The molecule has 0 N–H and O–H groups in total. The molecule has 1 saturated carbocycles. The minimum Gasteiger partial charge on any atom is -0.493 e. The van der Waals surface area contributed by atoms with Gasteiger partial charge in [-0.3, -0.25) is 4.90 Å². The molecular formula is C26H30N4O2. The Morgan fingerprint density at radius 2 is 2.00 bits per heavy atom. The van der Waals surface area contributed by atoms with Crippen molar-refractivity contribution < 1.29 is 9.26 Å². The van der Waals surface area contributed by atoms with Crippen molar-refractivity contribution in [2.24, 2.45) is 11.8 Å². The number of benzene rings is 1. The molecule has 32 heavy (non-hydrogen) atoms. The molecule has 0 atom stereocenters. The van der Waals surface area contributed by atoms with Crippen LogP contribution in [0.4, 0.5) is 0 Å². The summed E-state index contributed by atoms with van der Waals surface area (Å²) in [6, 6.07) is 10.2. The van der Waals surface area contributed by atoms with Gasteiger partial charge in [-0.05, 0) is 100 Å². The molecular weight excluding hydrogens is 400 g/mol. The summed E-state index contributed by atoms with van der Waals surface area (Å²) in [5.41, 5.74) is 4.66. The summed E-state index contributed by atoms with van der Waals surface area (Å²) in [5.74, 6) is 2.38. The van der Waals surface area contributed by atoms with Crippen LogP contribution in [-0.2, 0) is 13.0 Å². The topological polar surface area (TPSA) is 75.2 Å². The Morgan fingerprint density at radius 1 is 1.16 bits per heavy atom. The van der Waals surface area contributed by atoms with Crippen molar-refractivity contribution >= 4 is 11.0 Å². The molecule has 1 aromatic carbocycles. The van der Waals surface area contributed by atoms with Crippen LogP contribution in [0.3, 0.4) is 0 Å². The maximum Gasteiger partial charge on any atom is 0.173 e. The molecule has 6 heteroatoms. The highest BCUT2D eigenvalue weighted by Gasteiger charge is 2.23. The van der Waals surface area contributed by atoms with Crippen LogP contribution in [0.1, 0.15) is 54.6 Å². The molecule has 2 aromatic heterocycles. The largest absolute Gasteiger partial charge is 0.493 e. The number of likely N-dealkylation sites (tertiary alicyclic amines) is 1. The number of ether oxygens (including phenoxy) is 1. The van der Waals surface area contributed by atoms with Crippen molar-refractivity contribution in [3.63, 3.8) is 0 Å². The van der Waals surface area contributed by atoms with E-state index in [4.69, 9.17) is 14.5 Å². The van der Waals surface area contributed by atoms with E-state index in [1.54, 1.807) is 6.20 Å². The number of nitrogens with zero attached hydrogens (tertiary/aromatic N) is 4. The first kappa shape index (κ1) is 21.0. The quantitative estimate of drug-likeness (QED) is 0.499. The molecule has 1 saturated heterocycles. The highest BCUT2D eigenvalue weighted by Crippen LogP contribution is 2.34. The molecule has 2 fully saturated rings. The lowest BCUT2D eigenvalue weighted by atomic mass is 9.91. The van der Waals surface area contributed by atoms with Crippen LogP contribution < -0.4 is 4.74 Å². The van der Waals surface area contributed by atoms with Gasteiger partial charge in [0.2, 0.25) is 0 Å². The van der Waals surface area contributed by atoms with Crippen molar-refractivity contribution in [2.45, 2.75) is 52.0 Å². The van der Waals surface area contributed by atoms with Crippen molar-refractivity contribution in [3.05, 3.63) is 53.0 Å². The lowest BCUT2D eigenvalue weighted by molar-refractivity contribution is 0.172. The molecule has 3 aromatic rings. The SMILES string of the molecule is Cc1c(OCC2CC2)ccc2c(CCC3CCN(Cc4ccnc(C#N)c4)CC3)noc12. The Morgan fingerprint density at radius 3 is 2.78 bits per heavy atom. The summed E-state index contributed by atoms with van der Waals surface area (Å²) in [6.45, 7) is 5.96. The van der Waals surface area contributed by atoms with Crippen LogP contribution in [-0.4, -0.2) is 34.7 Å². The fourth-order valence-corrected chi connectivity index (χ4v) is 4.66. The van der Waals surface area contributed by atoms with Crippen LogP contribution in [0.25, 0.3) is 11.0 Å². The van der Waals surface area contributed by atoms with Gasteiger partial charge in [-0.1, -0.05) is 5.16 Å². The summed E-state index contributed by atoms with van der Waals surface area (Å²) in [4.78, 5) is 6.54. The lowest BCUT2D eigenvalue weighted by Gasteiger charge is -2.31. The number of aryl methyl sites for hydroxylation is 2. The fraction of sp³-hybridized carbons (Fsp3) is 0.500. The van der Waals surface area contributed by atoms with Gasteiger partial charge in [0.25, 0.3) is 0 Å². The third-order valence-corrected chi connectivity index (χ3v) is 6.93. The predicted molar refractivity (Wildman–Crippen MR) is 122 cm³/mol. The van der Waals surface area contributed by atoms with E-state index >= 15 is 0 Å². The van der Waals surface area contributed by atoms with E-state index in [0.717, 1.165) is 73.0 Å². The summed E-state index contributed by atoms with van der Waals surface area (Å²) in [5, 5.41) is 14.6. The Labute approximate surface area is 189 Å². The smallest absolute Gasteiger partial charge is 0.173 e. The minimum absolute atomic E-state index is 0.494. The van der Waals surface area contributed by atoms with Crippen LogP contribution >= 0.6 is 0 Å². The van der Waals surface area contributed by atoms with Crippen LogP contribution in [0.15, 0.2) is 35.0 Å². The molecule has 0 radical (unpaired) electrons. The fourth-order valence-electron chi connectivity index (χ4n) is 4.66. The molecule has 6 nitrogen and oxygen atoms in total. The molecule has 3 heterocycles. The molecule has 0 bridgehead atoms. The second-order valence-corrected chi connectivity index (χ2v) is 9.37. The number of nitriles is 1. The number of hydrogen-bond acceptors (Lipinski definition) is 6. The third kappa shape index (κ3) is 4.78. The van der Waals surface area contributed by atoms with E-state index in [9.17, 15) is 0 Å². The maximum atomic E-state index is 9.04. The van der Waals surface area contributed by atoms with E-state index in [0.29, 0.717) is 11.6 Å². The van der Waals surface area contributed by atoms with Gasteiger partial charge in [0.1, 0.15) is 17.5 Å². The molecule has 0 spiro atoms. The summed E-state index contributed by atoms with van der Waals surface area (Å²) >= 11 is 0. The predicted octanol–water partition coefficient (Wildman–Crippen LogP) is 5.04. The zero-order chi connectivity index (χ0) is 21.9. The van der Waals surface area contributed by atoms with Gasteiger partial charge < -0.3 is 9.26 Å². The Bertz CT molecular complexity index is 1120. The third-order valence-electron chi connectivity index (χ3n) is 6.93. The monoisotopic (exact) mass is 430 g/mol. The summed E-state index contributed by atoms with van der Waals surface area (Å²) < 4.78 is 11.7. The Kier molecular flexibility index (Phi) is 6.09. The number of rotatable bonds is 8. The van der Waals surface area contributed by atoms with Gasteiger partial charge in [0, 0.05) is 23.7 Å². The summed E-state index contributed by atoms with van der Waals surface area (Å²) in [6.07, 6.45) is 8.80. The standard InChI is InChI=1S/C26H30N4O2/c1-18-25(31-17-20-2-3-20)7-5-23-24(29-32-26(18)23)6-4-19-9-12-30(13-10-19)16-21-8-11-28-22(14-21)15-27/h5,7-8,11,14,19-20H,2-4,6,9-10,12-13,16-17H2,1H3. The second-order valence-electron chi connectivity index (χ2n) is 9.37. The zero-order valence-electron chi connectivity index (χ0n) is 18.7. The highest BCUT2D eigenvalue weighted by molar-refractivity contribution is 5.84. The minimum atomic E-state index is 0.494. The molecule has 166 valence electrons. The normalized spacial score (nSPS) is 17.5. The van der Waals surface area contributed by atoms with Gasteiger partial charge in [-0.25, -0.2) is 4.98 Å². The van der Waals surface area contributed by atoms with Gasteiger partial charge in [0.15, 0.2) is 5.58 Å². The van der Waals surface area contributed by atoms with Crippen molar-refractivity contribution in [3.8, 4) is 11.8 Å². The molecule has 1 aliphatic carbocycles. The van der Waals surface area contributed by atoms with Crippen molar-refractivity contribution in [2.75, 3.05) is 19.7 Å². The van der Waals surface area contributed by atoms with E-state index in [1.165, 1.54) is 31.2 Å². The van der Waals surface area contributed by atoms with Crippen molar-refractivity contribution in [1.29, 1.82) is 5.26 Å². The lowest BCUT2D eigenvalue weighted by Crippen LogP contribution is -2.33. The summed E-state index contributed by atoms with van der Waals surface area (Å²) in [7, 11) is 0. The van der Waals surface area contributed by atoms with Crippen LogP contribution in [0.5, 0.6) is 5.75 Å². The first-order valence-electron chi connectivity index (χ1n) is 11.8. The number of fused-ring (bicyclic) bond motifs is 1. The van der Waals surface area contributed by atoms with Gasteiger partial charge in [0.05, 0.1) is 12.3 Å². The molecule has 5 rings (SSSR count). The molecule has 2 aliphatic rings. The van der Waals surface area contributed by atoms with Gasteiger partial charge in [-0.2, -0.15) is 5.26 Å². The zero-order valence-corrected chi connectivity index (χ0v) is 18.7. The number of aromatic nitrogens is 2. The van der Waals surface area contributed by atoms with Crippen LogP contribution in [0.2, 0.25) is 0 Å².